The van der Waals surface area contributed by atoms with Crippen LogP contribution < -0.4 is 4.90 Å². The largest absolute Gasteiger partial charge is 0.362 e. The van der Waals surface area contributed by atoms with E-state index in [1.807, 2.05) is 18.3 Å². The third kappa shape index (κ3) is 3.55. The molecule has 0 radical (unpaired) electrons. The molecule has 3 heteroatoms. The van der Waals surface area contributed by atoms with Gasteiger partial charge in [0.05, 0.1) is 22.9 Å². The summed E-state index contributed by atoms with van der Waals surface area (Å²) in [6.45, 7) is 10.00. The number of hydrogen-bond donors (Lipinski definition) is 0. The molecule has 3 nitrogen and oxygen atoms in total. The lowest BCUT2D eigenvalue weighted by Gasteiger charge is -2.43. The Morgan fingerprint density at radius 3 is 2.54 bits per heavy atom. The van der Waals surface area contributed by atoms with Crippen molar-refractivity contribution in [2.45, 2.75) is 39.7 Å². The van der Waals surface area contributed by atoms with E-state index in [-0.39, 0.29) is 5.54 Å². The number of anilines is 1. The average molecular weight is 343 g/mol. The summed E-state index contributed by atoms with van der Waals surface area (Å²) in [5.41, 5.74) is 6.50. The topological polar surface area (TPSA) is 39.4 Å². The molecule has 0 amide bonds. The van der Waals surface area contributed by atoms with E-state index >= 15 is 0 Å². The molecule has 2 aromatic rings. The molecule has 1 aliphatic rings. The molecule has 0 fully saturated rings. The van der Waals surface area contributed by atoms with E-state index in [1.54, 1.807) is 12.1 Å². The second-order valence-electron chi connectivity index (χ2n) is 7.33. The molecule has 0 aromatic heterocycles. The zero-order chi connectivity index (χ0) is 18.7. The standard InChI is InChI=1S/C23H25N3/c1-5-12-26-22-11-8-19(13-21(22)17(2)14-23(26,3)4)16-25-20-9-6-18(15-24)7-10-20/h6-11,13-14,16H,5,12H2,1-4H3. The number of allylic oxidation sites excluding steroid dienone is 1. The van der Waals surface area contributed by atoms with Crippen LogP contribution in [0.15, 0.2) is 53.5 Å². The van der Waals surface area contributed by atoms with Crippen molar-refractivity contribution in [2.24, 2.45) is 4.99 Å². The predicted octanol–water partition coefficient (Wildman–Crippen LogP) is 5.72. The lowest BCUT2D eigenvalue weighted by Crippen LogP contribution is -2.45. The molecule has 132 valence electrons. The first-order chi connectivity index (χ1) is 12.4. The van der Waals surface area contributed by atoms with Gasteiger partial charge in [0.15, 0.2) is 0 Å². The van der Waals surface area contributed by atoms with Crippen molar-refractivity contribution >= 4 is 23.2 Å². The molecule has 0 unspecified atom stereocenters. The second-order valence-corrected chi connectivity index (χ2v) is 7.33. The number of aliphatic imine (C=N–C) groups is 1. The number of fused-ring (bicyclic) bond motifs is 1. The summed E-state index contributed by atoms with van der Waals surface area (Å²) in [7, 11) is 0. The molecule has 26 heavy (non-hydrogen) atoms. The van der Waals surface area contributed by atoms with E-state index < -0.39 is 0 Å². The molecule has 0 spiro atoms. The molecule has 0 saturated heterocycles. The van der Waals surface area contributed by atoms with E-state index in [4.69, 9.17) is 5.26 Å². The third-order valence-corrected chi connectivity index (χ3v) is 4.81. The Morgan fingerprint density at radius 1 is 1.15 bits per heavy atom. The molecule has 0 N–H and O–H groups in total. The molecule has 2 aromatic carbocycles. The zero-order valence-electron chi connectivity index (χ0n) is 16.0. The van der Waals surface area contributed by atoms with Crippen LogP contribution in [0, 0.1) is 11.3 Å². The summed E-state index contributed by atoms with van der Waals surface area (Å²) in [6.07, 6.45) is 5.36. The van der Waals surface area contributed by atoms with Crippen molar-refractivity contribution < 1.29 is 0 Å². The normalized spacial score (nSPS) is 15.5. The minimum Gasteiger partial charge on any atom is -0.362 e. The highest BCUT2D eigenvalue weighted by Gasteiger charge is 2.30. The highest BCUT2D eigenvalue weighted by Crippen LogP contribution is 2.39. The Labute approximate surface area is 156 Å². The van der Waals surface area contributed by atoms with E-state index in [9.17, 15) is 0 Å². The molecule has 1 aliphatic heterocycles. The number of hydrogen-bond acceptors (Lipinski definition) is 3. The van der Waals surface area contributed by atoms with Gasteiger partial charge in [-0.2, -0.15) is 5.26 Å². The van der Waals surface area contributed by atoms with Gasteiger partial charge in [-0.3, -0.25) is 4.99 Å². The van der Waals surface area contributed by atoms with Crippen LogP contribution >= 0.6 is 0 Å². The van der Waals surface area contributed by atoms with Gasteiger partial charge in [-0.05, 0) is 74.7 Å². The number of benzene rings is 2. The maximum absolute atomic E-state index is 8.87. The number of rotatable bonds is 4. The Balaban J connectivity index is 1.92. The highest BCUT2D eigenvalue weighted by atomic mass is 15.2. The molecule has 0 bridgehead atoms. The fourth-order valence-electron chi connectivity index (χ4n) is 3.58. The summed E-state index contributed by atoms with van der Waals surface area (Å²) < 4.78 is 0. The fourth-order valence-corrected chi connectivity index (χ4v) is 3.58. The summed E-state index contributed by atoms with van der Waals surface area (Å²) in [6, 6.07) is 16.0. The van der Waals surface area contributed by atoms with Gasteiger partial charge in [0.2, 0.25) is 0 Å². The van der Waals surface area contributed by atoms with Crippen molar-refractivity contribution in [3.63, 3.8) is 0 Å². The minimum absolute atomic E-state index is 0.0329. The summed E-state index contributed by atoms with van der Waals surface area (Å²) in [5, 5.41) is 8.87. The van der Waals surface area contributed by atoms with Crippen LogP contribution in [0.3, 0.4) is 0 Å². The van der Waals surface area contributed by atoms with Gasteiger partial charge >= 0.3 is 0 Å². The highest BCUT2D eigenvalue weighted by molar-refractivity contribution is 5.88. The lowest BCUT2D eigenvalue weighted by atomic mass is 9.88. The van der Waals surface area contributed by atoms with Crippen LogP contribution in [0.4, 0.5) is 11.4 Å². The first-order valence-electron chi connectivity index (χ1n) is 9.10. The number of nitrogens with zero attached hydrogens (tertiary/aromatic N) is 3. The van der Waals surface area contributed by atoms with Crippen molar-refractivity contribution in [1.29, 1.82) is 5.26 Å². The van der Waals surface area contributed by atoms with Crippen LogP contribution in [0.1, 0.15) is 50.8 Å². The molecule has 3 rings (SSSR count). The van der Waals surface area contributed by atoms with Crippen LogP contribution in [0.2, 0.25) is 0 Å². The Bertz CT molecular complexity index is 896. The Morgan fingerprint density at radius 2 is 1.88 bits per heavy atom. The summed E-state index contributed by atoms with van der Waals surface area (Å²) in [4.78, 5) is 7.03. The van der Waals surface area contributed by atoms with E-state index in [2.05, 4.69) is 67.9 Å². The summed E-state index contributed by atoms with van der Waals surface area (Å²) >= 11 is 0. The smallest absolute Gasteiger partial charge is 0.0991 e. The van der Waals surface area contributed by atoms with Gasteiger partial charge in [0, 0.05) is 24.0 Å². The molecular weight excluding hydrogens is 318 g/mol. The minimum atomic E-state index is 0.0329. The average Bonchev–Trinajstić information content (AvgIpc) is 2.63. The van der Waals surface area contributed by atoms with E-state index in [1.165, 1.54) is 16.8 Å². The van der Waals surface area contributed by atoms with Crippen LogP contribution in [0.5, 0.6) is 0 Å². The summed E-state index contributed by atoms with van der Waals surface area (Å²) in [5.74, 6) is 0. The number of nitriles is 1. The first kappa shape index (κ1) is 17.9. The van der Waals surface area contributed by atoms with Crippen molar-refractivity contribution in [3.05, 3.63) is 65.2 Å². The van der Waals surface area contributed by atoms with Gasteiger partial charge < -0.3 is 4.90 Å². The van der Waals surface area contributed by atoms with Gasteiger partial charge in [-0.1, -0.05) is 19.1 Å². The molecular formula is C23H25N3. The zero-order valence-corrected chi connectivity index (χ0v) is 16.0. The Hall–Kier alpha value is -2.86. The van der Waals surface area contributed by atoms with Gasteiger partial charge in [-0.15, -0.1) is 0 Å². The van der Waals surface area contributed by atoms with Crippen molar-refractivity contribution in [1.82, 2.24) is 0 Å². The quantitative estimate of drug-likeness (QED) is 0.666. The lowest BCUT2D eigenvalue weighted by molar-refractivity contribution is 0.550. The SMILES string of the molecule is CCCN1c2ccc(C=Nc3ccc(C#N)cc3)cc2C(C)=CC1(C)C. The van der Waals surface area contributed by atoms with Gasteiger partial charge in [0.1, 0.15) is 0 Å². The maximum atomic E-state index is 8.87. The third-order valence-electron chi connectivity index (χ3n) is 4.81. The van der Waals surface area contributed by atoms with Crippen LogP contribution in [-0.4, -0.2) is 18.3 Å². The van der Waals surface area contributed by atoms with Gasteiger partial charge in [0.25, 0.3) is 0 Å². The maximum Gasteiger partial charge on any atom is 0.0991 e. The monoisotopic (exact) mass is 343 g/mol. The molecule has 0 saturated carbocycles. The molecule has 0 aliphatic carbocycles. The predicted molar refractivity (Wildman–Crippen MR) is 110 cm³/mol. The fraction of sp³-hybridized carbons (Fsp3) is 0.304. The first-order valence-corrected chi connectivity index (χ1v) is 9.10. The van der Waals surface area contributed by atoms with Crippen molar-refractivity contribution in [2.75, 3.05) is 11.4 Å². The van der Waals surface area contributed by atoms with E-state index in [0.717, 1.165) is 24.2 Å². The van der Waals surface area contributed by atoms with Gasteiger partial charge in [-0.25, -0.2) is 0 Å². The van der Waals surface area contributed by atoms with Crippen LogP contribution in [-0.2, 0) is 0 Å². The van der Waals surface area contributed by atoms with E-state index in [0.29, 0.717) is 5.56 Å². The Kier molecular flexibility index (Phi) is 4.95. The van der Waals surface area contributed by atoms with Crippen molar-refractivity contribution in [3.8, 4) is 6.07 Å². The second kappa shape index (κ2) is 7.17. The molecule has 0 atom stereocenters. The molecule has 1 heterocycles. The van der Waals surface area contributed by atoms with Crippen LogP contribution in [0.25, 0.3) is 5.57 Å².